The number of para-hydroxylation sites is 4. The highest BCUT2D eigenvalue weighted by Gasteiger charge is 2.29. The Morgan fingerprint density at radius 2 is 1.44 bits per heavy atom. The summed E-state index contributed by atoms with van der Waals surface area (Å²) in [5.41, 5.74) is 0.148. The van der Waals surface area contributed by atoms with Crippen LogP contribution >= 0.6 is 11.3 Å². The predicted octanol–water partition coefficient (Wildman–Crippen LogP) is 5.21. The SMILES string of the molecule is Cc1cc(C#N)c(N(c2ccccc2[N+](=O)[O-])c2ccccc2[N+](=O)[O-])s1. The van der Waals surface area contributed by atoms with Gasteiger partial charge in [0.2, 0.25) is 0 Å². The molecular weight excluding hydrogens is 368 g/mol. The minimum absolute atomic E-state index is 0.148. The molecule has 3 aromatic rings. The van der Waals surface area contributed by atoms with Crippen LogP contribution in [0.25, 0.3) is 0 Å². The van der Waals surface area contributed by atoms with Gasteiger partial charge in [-0.15, -0.1) is 11.3 Å². The van der Waals surface area contributed by atoms with Gasteiger partial charge in [-0.05, 0) is 25.1 Å². The van der Waals surface area contributed by atoms with Crippen LogP contribution in [0.4, 0.5) is 27.8 Å². The summed E-state index contributed by atoms with van der Waals surface area (Å²) >= 11 is 1.24. The zero-order chi connectivity index (χ0) is 19.6. The molecule has 1 aromatic heterocycles. The number of nitrogens with zero attached hydrogens (tertiary/aromatic N) is 4. The van der Waals surface area contributed by atoms with Crippen LogP contribution in [0.15, 0.2) is 54.6 Å². The first kappa shape index (κ1) is 18.0. The summed E-state index contributed by atoms with van der Waals surface area (Å²) in [6.07, 6.45) is 0. The Labute approximate surface area is 157 Å². The van der Waals surface area contributed by atoms with Gasteiger partial charge in [-0.25, -0.2) is 0 Å². The first-order valence-electron chi connectivity index (χ1n) is 7.71. The first-order valence-corrected chi connectivity index (χ1v) is 8.53. The van der Waals surface area contributed by atoms with Gasteiger partial charge in [-0.1, -0.05) is 24.3 Å². The van der Waals surface area contributed by atoms with Gasteiger partial charge >= 0.3 is 0 Å². The van der Waals surface area contributed by atoms with E-state index >= 15 is 0 Å². The van der Waals surface area contributed by atoms with Gasteiger partial charge < -0.3 is 0 Å². The van der Waals surface area contributed by atoms with Crippen molar-refractivity contribution >= 4 is 39.1 Å². The summed E-state index contributed by atoms with van der Waals surface area (Å²) in [7, 11) is 0. The average molecular weight is 380 g/mol. The fourth-order valence-corrected chi connectivity index (χ4v) is 3.70. The Balaban J connectivity index is 2.38. The number of hydrogen-bond donors (Lipinski definition) is 0. The highest BCUT2D eigenvalue weighted by Crippen LogP contribution is 2.47. The molecule has 0 aliphatic heterocycles. The van der Waals surface area contributed by atoms with E-state index in [1.54, 1.807) is 25.1 Å². The van der Waals surface area contributed by atoms with Crippen LogP contribution in [-0.2, 0) is 0 Å². The molecule has 0 unspecified atom stereocenters. The lowest BCUT2D eigenvalue weighted by Crippen LogP contribution is -2.13. The highest BCUT2D eigenvalue weighted by molar-refractivity contribution is 7.16. The normalized spacial score (nSPS) is 10.2. The minimum Gasteiger partial charge on any atom is -0.288 e. The molecule has 0 N–H and O–H groups in total. The Morgan fingerprint density at radius 1 is 0.963 bits per heavy atom. The number of thiophene rings is 1. The second-order valence-corrected chi connectivity index (χ2v) is 6.75. The van der Waals surface area contributed by atoms with Crippen molar-refractivity contribution in [1.29, 1.82) is 5.26 Å². The van der Waals surface area contributed by atoms with Crippen molar-refractivity contribution in [1.82, 2.24) is 0 Å². The number of anilines is 3. The van der Waals surface area contributed by atoms with Crippen molar-refractivity contribution in [2.45, 2.75) is 6.92 Å². The molecule has 0 bridgehead atoms. The van der Waals surface area contributed by atoms with Crippen LogP contribution in [0.3, 0.4) is 0 Å². The molecule has 0 atom stereocenters. The van der Waals surface area contributed by atoms with Gasteiger partial charge in [0.1, 0.15) is 22.4 Å². The number of aryl methyl sites for hydroxylation is 1. The van der Waals surface area contributed by atoms with Gasteiger partial charge in [0, 0.05) is 17.0 Å². The molecule has 0 saturated heterocycles. The summed E-state index contributed by atoms with van der Waals surface area (Å²) in [5.74, 6) is 0. The van der Waals surface area contributed by atoms with Crippen molar-refractivity contribution < 1.29 is 9.85 Å². The largest absolute Gasteiger partial charge is 0.293 e. The van der Waals surface area contributed by atoms with E-state index in [2.05, 4.69) is 6.07 Å². The van der Waals surface area contributed by atoms with Gasteiger partial charge in [-0.2, -0.15) is 5.26 Å². The molecule has 1 heterocycles. The lowest BCUT2D eigenvalue weighted by atomic mass is 10.1. The maximum Gasteiger partial charge on any atom is 0.293 e. The molecule has 9 heteroatoms. The Morgan fingerprint density at radius 3 is 1.89 bits per heavy atom. The molecule has 0 spiro atoms. The third-order valence-corrected chi connectivity index (χ3v) is 4.83. The molecule has 134 valence electrons. The Bertz CT molecular complexity index is 1030. The van der Waals surface area contributed by atoms with Crippen LogP contribution in [-0.4, -0.2) is 9.85 Å². The summed E-state index contributed by atoms with van der Waals surface area (Å²) in [4.78, 5) is 24.2. The zero-order valence-electron chi connectivity index (χ0n) is 14.0. The third-order valence-electron chi connectivity index (χ3n) is 3.80. The number of nitro groups is 2. The van der Waals surface area contributed by atoms with E-state index in [4.69, 9.17) is 0 Å². The van der Waals surface area contributed by atoms with Crippen LogP contribution < -0.4 is 4.90 Å². The molecule has 0 aliphatic rings. The number of nitro benzene ring substituents is 2. The van der Waals surface area contributed by atoms with Gasteiger partial charge in [0.15, 0.2) is 0 Å². The molecule has 0 aliphatic carbocycles. The van der Waals surface area contributed by atoms with E-state index in [1.807, 2.05) is 0 Å². The van der Waals surface area contributed by atoms with E-state index in [9.17, 15) is 25.5 Å². The fraction of sp³-hybridized carbons (Fsp3) is 0.0556. The summed E-state index contributed by atoms with van der Waals surface area (Å²) in [6, 6.07) is 15.6. The Hall–Kier alpha value is -3.77. The topological polar surface area (TPSA) is 113 Å². The molecule has 2 aromatic carbocycles. The second-order valence-electron chi connectivity index (χ2n) is 5.51. The predicted molar refractivity (Wildman–Crippen MR) is 102 cm³/mol. The molecule has 0 amide bonds. The third kappa shape index (κ3) is 3.33. The van der Waals surface area contributed by atoms with Gasteiger partial charge in [-0.3, -0.25) is 25.1 Å². The summed E-state index contributed by atoms with van der Waals surface area (Å²) in [5, 5.41) is 33.0. The molecular formula is C18H12N4O4S. The molecule has 0 radical (unpaired) electrons. The van der Waals surface area contributed by atoms with Crippen LogP contribution in [0, 0.1) is 38.5 Å². The van der Waals surface area contributed by atoms with Crippen molar-refractivity contribution in [3.63, 3.8) is 0 Å². The van der Waals surface area contributed by atoms with E-state index in [0.717, 1.165) is 4.88 Å². The van der Waals surface area contributed by atoms with E-state index < -0.39 is 9.85 Å². The molecule has 27 heavy (non-hydrogen) atoms. The maximum atomic E-state index is 11.6. The van der Waals surface area contributed by atoms with E-state index in [-0.39, 0.29) is 28.3 Å². The quantitative estimate of drug-likeness (QED) is 0.443. The van der Waals surface area contributed by atoms with Crippen molar-refractivity contribution in [3.05, 3.63) is 85.3 Å². The number of benzene rings is 2. The number of rotatable bonds is 5. The fourth-order valence-electron chi connectivity index (χ4n) is 2.71. The van der Waals surface area contributed by atoms with Gasteiger partial charge in [0.25, 0.3) is 11.4 Å². The molecule has 3 rings (SSSR count). The lowest BCUT2D eigenvalue weighted by molar-refractivity contribution is -0.384. The summed E-state index contributed by atoms with van der Waals surface area (Å²) in [6.45, 7) is 1.80. The number of hydrogen-bond acceptors (Lipinski definition) is 7. The van der Waals surface area contributed by atoms with Crippen LogP contribution in [0.5, 0.6) is 0 Å². The highest BCUT2D eigenvalue weighted by atomic mass is 32.1. The smallest absolute Gasteiger partial charge is 0.288 e. The maximum absolute atomic E-state index is 11.6. The lowest BCUT2D eigenvalue weighted by Gasteiger charge is -2.23. The van der Waals surface area contributed by atoms with Crippen molar-refractivity contribution in [3.8, 4) is 6.07 Å². The average Bonchev–Trinajstić information content (AvgIpc) is 3.03. The van der Waals surface area contributed by atoms with E-state index in [1.165, 1.54) is 52.6 Å². The van der Waals surface area contributed by atoms with Crippen molar-refractivity contribution in [2.75, 3.05) is 4.90 Å². The van der Waals surface area contributed by atoms with Gasteiger partial charge in [0.05, 0.1) is 15.4 Å². The van der Waals surface area contributed by atoms with Crippen LogP contribution in [0.1, 0.15) is 10.4 Å². The van der Waals surface area contributed by atoms with Crippen LogP contribution in [0.2, 0.25) is 0 Å². The molecule has 0 saturated carbocycles. The zero-order valence-corrected chi connectivity index (χ0v) is 14.8. The second kappa shape index (κ2) is 7.23. The minimum atomic E-state index is -0.552. The van der Waals surface area contributed by atoms with Crippen molar-refractivity contribution in [2.24, 2.45) is 0 Å². The monoisotopic (exact) mass is 380 g/mol. The summed E-state index contributed by atoms with van der Waals surface area (Å²) < 4.78 is 0. The number of nitriles is 1. The molecule has 8 nitrogen and oxygen atoms in total. The standard InChI is InChI=1S/C18H12N4O4S/c1-12-10-13(11-19)18(27-12)20(14-6-2-4-8-16(14)21(23)24)15-7-3-5-9-17(15)22(25)26/h2-10H,1H3. The molecule has 0 fully saturated rings. The first-order chi connectivity index (χ1) is 12.9. The van der Waals surface area contributed by atoms with E-state index in [0.29, 0.717) is 5.00 Å². The Kier molecular flexibility index (Phi) is 4.83.